The molecule has 2 unspecified atom stereocenters. The Morgan fingerprint density at radius 1 is 1.27 bits per heavy atom. The summed E-state index contributed by atoms with van der Waals surface area (Å²) in [5.74, 6) is -1.84. The molecule has 0 radical (unpaired) electrons. The highest BCUT2D eigenvalue weighted by Gasteiger charge is 2.50. The summed E-state index contributed by atoms with van der Waals surface area (Å²) in [6.07, 6.45) is 0.863. The minimum absolute atomic E-state index is 0.230. The third-order valence-electron chi connectivity index (χ3n) is 4.61. The van der Waals surface area contributed by atoms with Crippen molar-refractivity contribution in [1.29, 1.82) is 0 Å². The van der Waals surface area contributed by atoms with Crippen LogP contribution >= 0.6 is 0 Å². The van der Waals surface area contributed by atoms with Gasteiger partial charge < -0.3 is 9.47 Å². The van der Waals surface area contributed by atoms with Gasteiger partial charge in [-0.05, 0) is 32.0 Å². The summed E-state index contributed by atoms with van der Waals surface area (Å²) in [6, 6.07) is 7.80. The second-order valence-electron chi connectivity index (χ2n) is 5.80. The first kappa shape index (κ1) is 11.7. The van der Waals surface area contributed by atoms with Gasteiger partial charge in [-0.15, -0.1) is 0 Å². The molecule has 3 rings (SSSR count). The van der Waals surface area contributed by atoms with Crippen molar-refractivity contribution in [3.63, 3.8) is 0 Å². The fraction of sp³-hybridized carbons (Fsp3) is 0.529. The van der Waals surface area contributed by atoms with Gasteiger partial charge in [0.2, 0.25) is 0 Å². The third-order valence-corrected chi connectivity index (χ3v) is 4.61. The lowest BCUT2D eigenvalue weighted by molar-refractivity contribution is -0.156. The van der Waals surface area contributed by atoms with Crippen molar-refractivity contribution in [3.05, 3.63) is 35.9 Å². The molecule has 2 bridgehead atoms. The number of rotatable bonds is 3. The number of hydrogen-bond donors (Lipinski definition) is 0. The maximum atomic E-state index is 12.4. The predicted molar refractivity (Wildman–Crippen MR) is 80.3 cm³/mol. The van der Waals surface area contributed by atoms with Crippen molar-refractivity contribution in [1.82, 2.24) is 4.90 Å². The van der Waals surface area contributed by atoms with E-state index in [0.717, 1.165) is 0 Å². The van der Waals surface area contributed by atoms with Gasteiger partial charge in [-0.3, -0.25) is 9.69 Å². The van der Waals surface area contributed by atoms with E-state index in [1.54, 1.807) is 30.3 Å². The van der Waals surface area contributed by atoms with E-state index in [1.165, 1.54) is 12.0 Å². The smallest absolute Gasteiger partial charge is 0.338 e. The van der Waals surface area contributed by atoms with Gasteiger partial charge in [-0.1, -0.05) is 18.2 Å². The molecule has 0 spiro atoms. The molecule has 0 N–H and O–H groups in total. The second kappa shape index (κ2) is 6.08. The first-order valence-electron chi connectivity index (χ1n) is 8.95. The van der Waals surface area contributed by atoms with Crippen molar-refractivity contribution >= 4 is 11.9 Å². The fourth-order valence-electron chi connectivity index (χ4n) is 3.50. The third kappa shape index (κ3) is 2.61. The lowest BCUT2D eigenvalue weighted by Gasteiger charge is -2.40. The van der Waals surface area contributed by atoms with Crippen LogP contribution in [0.3, 0.4) is 0 Å². The highest BCUT2D eigenvalue weighted by molar-refractivity contribution is 5.89. The number of methoxy groups -OCH3 is 1. The van der Waals surface area contributed by atoms with Crippen LogP contribution in [0.25, 0.3) is 0 Å². The van der Waals surface area contributed by atoms with E-state index < -0.39 is 37.0 Å². The minimum atomic E-state index is -2.29. The van der Waals surface area contributed by atoms with E-state index >= 15 is 0 Å². The molecule has 2 fully saturated rings. The molecule has 0 aromatic heterocycles. The van der Waals surface area contributed by atoms with Gasteiger partial charge in [0.05, 0.1) is 12.7 Å². The zero-order valence-electron chi connectivity index (χ0n) is 15.4. The Kier molecular flexibility index (Phi) is 3.22. The van der Waals surface area contributed by atoms with Gasteiger partial charge in [0.15, 0.2) is 0 Å². The standard InChI is InChI=1S/C17H21NO4/c1-18-12-8-9-13(18)15(17(20)21-2)14(10-12)22-16(19)11-6-4-3-5-7-11/h3-7,12-15H,8-10H2,1-2H3/t12?,13?,14-,15+/m0/s1/i1D3. The van der Waals surface area contributed by atoms with Gasteiger partial charge in [0, 0.05) is 22.6 Å². The van der Waals surface area contributed by atoms with Crippen molar-refractivity contribution < 1.29 is 23.2 Å². The van der Waals surface area contributed by atoms with Crippen LogP contribution in [0.2, 0.25) is 0 Å². The van der Waals surface area contributed by atoms with Crippen LogP contribution in [-0.2, 0) is 14.3 Å². The topological polar surface area (TPSA) is 55.8 Å². The first-order valence-corrected chi connectivity index (χ1v) is 7.45. The average molecular weight is 306 g/mol. The molecule has 2 saturated heterocycles. The molecule has 2 aliphatic heterocycles. The number of ether oxygens (including phenoxy) is 2. The summed E-state index contributed by atoms with van der Waals surface area (Å²) in [6.45, 7) is -2.29. The van der Waals surface area contributed by atoms with Crippen LogP contribution in [-0.4, -0.2) is 49.1 Å². The molecule has 1 aromatic rings. The number of nitrogens with zero attached hydrogens (tertiary/aromatic N) is 1. The van der Waals surface area contributed by atoms with Crippen LogP contribution in [0.5, 0.6) is 0 Å². The van der Waals surface area contributed by atoms with E-state index in [0.29, 0.717) is 24.8 Å². The van der Waals surface area contributed by atoms with Gasteiger partial charge in [-0.2, -0.15) is 0 Å². The number of esters is 2. The van der Waals surface area contributed by atoms with E-state index in [1.807, 2.05) is 0 Å². The Bertz CT molecular complexity index is 649. The van der Waals surface area contributed by atoms with Crippen LogP contribution in [0.4, 0.5) is 0 Å². The number of carbonyl (C=O) groups excluding carboxylic acids is 2. The normalized spacial score (nSPS) is 33.4. The summed E-state index contributed by atoms with van der Waals surface area (Å²) in [7, 11) is 1.26. The number of piperidine rings is 1. The predicted octanol–water partition coefficient (Wildman–Crippen LogP) is 1.87. The number of hydrogen-bond acceptors (Lipinski definition) is 5. The molecule has 0 aliphatic carbocycles. The molecule has 0 amide bonds. The molecular formula is C17H21NO4. The molecule has 5 heteroatoms. The summed E-state index contributed by atoms with van der Waals surface area (Å²) < 4.78 is 33.8. The van der Waals surface area contributed by atoms with Crippen molar-refractivity contribution in [2.45, 2.75) is 37.5 Å². The zero-order chi connectivity index (χ0) is 18.2. The fourth-order valence-corrected chi connectivity index (χ4v) is 3.50. The van der Waals surface area contributed by atoms with Gasteiger partial charge in [-0.25, -0.2) is 4.79 Å². The van der Waals surface area contributed by atoms with Gasteiger partial charge >= 0.3 is 11.9 Å². The zero-order valence-corrected chi connectivity index (χ0v) is 12.4. The first-order chi connectivity index (χ1) is 11.8. The lowest BCUT2D eigenvalue weighted by atomic mass is 9.87. The molecule has 2 heterocycles. The number of benzene rings is 1. The SMILES string of the molecule is [2H]C([2H])([2H])N1C2CCC1[C@@H](C(=O)OC)[C@@H](OC(=O)c1ccccc1)C2. The lowest BCUT2D eigenvalue weighted by Crippen LogP contribution is -2.53. The molecule has 1 aromatic carbocycles. The summed E-state index contributed by atoms with van der Waals surface area (Å²) in [5, 5.41) is 0. The number of fused-ring (bicyclic) bond motifs is 2. The van der Waals surface area contributed by atoms with Crippen LogP contribution in [0.1, 0.15) is 33.7 Å². The largest absolute Gasteiger partial charge is 0.469 e. The highest BCUT2D eigenvalue weighted by atomic mass is 16.6. The maximum Gasteiger partial charge on any atom is 0.338 e. The summed E-state index contributed by atoms with van der Waals surface area (Å²) in [4.78, 5) is 26.1. The Morgan fingerprint density at radius 3 is 2.73 bits per heavy atom. The summed E-state index contributed by atoms with van der Waals surface area (Å²) >= 11 is 0. The molecule has 4 atom stereocenters. The van der Waals surface area contributed by atoms with Crippen LogP contribution in [0, 0.1) is 5.92 Å². The van der Waals surface area contributed by atoms with Crippen molar-refractivity contribution in [2.24, 2.45) is 5.92 Å². The van der Waals surface area contributed by atoms with E-state index in [2.05, 4.69) is 0 Å². The summed E-state index contributed by atoms with van der Waals surface area (Å²) in [5.41, 5.74) is 0.400. The molecule has 0 saturated carbocycles. The van der Waals surface area contributed by atoms with Gasteiger partial charge in [0.1, 0.15) is 12.0 Å². The number of carbonyl (C=O) groups is 2. The van der Waals surface area contributed by atoms with E-state index in [9.17, 15) is 9.59 Å². The molecule has 22 heavy (non-hydrogen) atoms. The Morgan fingerprint density at radius 2 is 2.05 bits per heavy atom. The highest BCUT2D eigenvalue weighted by Crippen LogP contribution is 2.40. The Balaban J connectivity index is 1.84. The maximum absolute atomic E-state index is 12.4. The van der Waals surface area contributed by atoms with E-state index in [-0.39, 0.29) is 6.04 Å². The molecule has 5 nitrogen and oxygen atoms in total. The monoisotopic (exact) mass is 306 g/mol. The van der Waals surface area contributed by atoms with E-state index in [4.69, 9.17) is 13.6 Å². The Hall–Kier alpha value is -1.88. The molecular weight excluding hydrogens is 282 g/mol. The van der Waals surface area contributed by atoms with Crippen LogP contribution < -0.4 is 0 Å². The average Bonchev–Trinajstić information content (AvgIpc) is 2.91. The van der Waals surface area contributed by atoms with Crippen LogP contribution in [0.15, 0.2) is 30.3 Å². The quantitative estimate of drug-likeness (QED) is 0.798. The molecule has 118 valence electrons. The molecule has 2 aliphatic rings. The van der Waals surface area contributed by atoms with Gasteiger partial charge in [0.25, 0.3) is 0 Å². The van der Waals surface area contributed by atoms with Crippen molar-refractivity contribution in [2.75, 3.05) is 14.1 Å². The minimum Gasteiger partial charge on any atom is -0.469 e. The second-order valence-corrected chi connectivity index (χ2v) is 5.80. The Labute approximate surface area is 134 Å². The van der Waals surface area contributed by atoms with Crippen molar-refractivity contribution in [3.8, 4) is 0 Å².